The third-order valence-corrected chi connectivity index (χ3v) is 2.79. The molecule has 0 amide bonds. The smallest absolute Gasteiger partial charge is 0.280 e. The van der Waals surface area contributed by atoms with Gasteiger partial charge in [-0.05, 0) is 6.42 Å². The summed E-state index contributed by atoms with van der Waals surface area (Å²) in [6, 6.07) is 0.0659. The summed E-state index contributed by atoms with van der Waals surface area (Å²) >= 11 is 0. The van der Waals surface area contributed by atoms with Crippen molar-refractivity contribution in [3.63, 3.8) is 0 Å². The number of nitrogens with one attached hydrogen (secondary N) is 1. The average Bonchev–Trinajstić information content (AvgIpc) is 2.91. The lowest BCUT2D eigenvalue weighted by atomic mass is 10.4. The van der Waals surface area contributed by atoms with Crippen LogP contribution in [0.4, 0.5) is 5.95 Å². The molecule has 16 heavy (non-hydrogen) atoms. The van der Waals surface area contributed by atoms with E-state index in [0.717, 1.165) is 12.7 Å². The SMILES string of the molecule is Nc1nc2c(ncn2[C@@H]2C[C@@H]2C=O)c(=O)[nH]1. The van der Waals surface area contributed by atoms with Gasteiger partial charge in [0.25, 0.3) is 5.56 Å². The number of hydrogen-bond donors (Lipinski definition) is 2. The zero-order valence-corrected chi connectivity index (χ0v) is 8.25. The van der Waals surface area contributed by atoms with E-state index in [1.807, 2.05) is 0 Å². The lowest BCUT2D eigenvalue weighted by Crippen LogP contribution is -2.12. The molecule has 2 aromatic heterocycles. The minimum atomic E-state index is -0.357. The number of nitrogens with two attached hydrogens (primary N) is 1. The Labute approximate surface area is 89.3 Å². The predicted molar refractivity (Wildman–Crippen MR) is 55.8 cm³/mol. The van der Waals surface area contributed by atoms with Gasteiger partial charge in [0.15, 0.2) is 11.2 Å². The Morgan fingerprint density at radius 3 is 3.12 bits per heavy atom. The van der Waals surface area contributed by atoms with Crippen LogP contribution >= 0.6 is 0 Å². The first-order chi connectivity index (χ1) is 7.70. The summed E-state index contributed by atoms with van der Waals surface area (Å²) in [7, 11) is 0. The Balaban J connectivity index is 2.20. The number of rotatable bonds is 2. The summed E-state index contributed by atoms with van der Waals surface area (Å²) in [5.74, 6) is 0.0577. The van der Waals surface area contributed by atoms with Gasteiger partial charge in [0.05, 0.1) is 6.33 Å². The van der Waals surface area contributed by atoms with E-state index in [1.54, 1.807) is 4.57 Å². The van der Waals surface area contributed by atoms with E-state index in [4.69, 9.17) is 5.73 Å². The van der Waals surface area contributed by atoms with Crippen LogP contribution in [0, 0.1) is 5.92 Å². The van der Waals surface area contributed by atoms with Crippen molar-refractivity contribution in [2.24, 2.45) is 5.92 Å². The van der Waals surface area contributed by atoms with Crippen LogP contribution in [0.15, 0.2) is 11.1 Å². The lowest BCUT2D eigenvalue weighted by Gasteiger charge is -2.00. The van der Waals surface area contributed by atoms with Gasteiger partial charge >= 0.3 is 0 Å². The molecule has 3 N–H and O–H groups in total. The average molecular weight is 219 g/mol. The molecule has 1 aliphatic carbocycles. The summed E-state index contributed by atoms with van der Waals surface area (Å²) in [6.07, 6.45) is 3.21. The van der Waals surface area contributed by atoms with Crippen LogP contribution in [0.1, 0.15) is 12.5 Å². The number of nitrogens with zero attached hydrogens (tertiary/aromatic N) is 3. The molecule has 0 bridgehead atoms. The number of aromatic nitrogens is 4. The molecule has 1 fully saturated rings. The van der Waals surface area contributed by atoms with Gasteiger partial charge in [-0.3, -0.25) is 9.78 Å². The molecule has 2 atom stereocenters. The quantitative estimate of drug-likeness (QED) is 0.660. The maximum atomic E-state index is 11.5. The number of carbonyl (C=O) groups excluding carboxylic acids is 1. The number of aromatic amines is 1. The monoisotopic (exact) mass is 219 g/mol. The van der Waals surface area contributed by atoms with Crippen LogP contribution in [-0.2, 0) is 4.79 Å². The van der Waals surface area contributed by atoms with Crippen molar-refractivity contribution < 1.29 is 4.79 Å². The Morgan fingerprint density at radius 1 is 1.62 bits per heavy atom. The van der Waals surface area contributed by atoms with Crippen LogP contribution in [0.2, 0.25) is 0 Å². The van der Waals surface area contributed by atoms with Crippen LogP contribution in [0.3, 0.4) is 0 Å². The number of aldehydes is 1. The topological polar surface area (TPSA) is 107 Å². The largest absolute Gasteiger partial charge is 0.369 e. The highest BCUT2D eigenvalue weighted by molar-refractivity contribution is 5.71. The Hall–Kier alpha value is -2.18. The summed E-state index contributed by atoms with van der Waals surface area (Å²) in [6.45, 7) is 0. The van der Waals surface area contributed by atoms with E-state index in [2.05, 4.69) is 15.0 Å². The van der Waals surface area contributed by atoms with Crippen molar-refractivity contribution in [2.45, 2.75) is 12.5 Å². The van der Waals surface area contributed by atoms with E-state index in [0.29, 0.717) is 5.65 Å². The number of H-pyrrole nitrogens is 1. The molecule has 7 heteroatoms. The number of carbonyl (C=O) groups is 1. The molecule has 7 nitrogen and oxygen atoms in total. The normalized spacial score (nSPS) is 23.5. The summed E-state index contributed by atoms with van der Waals surface area (Å²) in [5, 5.41) is 0. The van der Waals surface area contributed by atoms with Crippen molar-refractivity contribution >= 4 is 23.4 Å². The summed E-state index contributed by atoms with van der Waals surface area (Å²) in [5.41, 5.74) is 5.80. The Bertz CT molecular complexity index is 628. The Morgan fingerprint density at radius 2 is 2.44 bits per heavy atom. The number of imidazole rings is 1. The van der Waals surface area contributed by atoms with Gasteiger partial charge in [-0.25, -0.2) is 4.98 Å². The molecule has 0 aliphatic heterocycles. The number of nitrogen functional groups attached to an aromatic ring is 1. The standard InChI is InChI=1S/C9H9N5O2/c10-9-12-7-6(8(16)13-9)11-3-14(7)5-1-4(5)2-15/h2-5H,1H2,(H3,10,12,13,16)/t4-,5-/m1/s1. The van der Waals surface area contributed by atoms with Crippen LogP contribution in [-0.4, -0.2) is 25.8 Å². The number of hydrogen-bond acceptors (Lipinski definition) is 5. The van der Waals surface area contributed by atoms with Crippen LogP contribution in [0.5, 0.6) is 0 Å². The molecule has 0 aromatic carbocycles. The van der Waals surface area contributed by atoms with E-state index in [9.17, 15) is 9.59 Å². The van der Waals surface area contributed by atoms with E-state index >= 15 is 0 Å². The first-order valence-corrected chi connectivity index (χ1v) is 4.88. The second-order valence-electron chi connectivity index (χ2n) is 3.88. The number of fused-ring (bicyclic) bond motifs is 1. The molecule has 1 saturated carbocycles. The molecular weight excluding hydrogens is 210 g/mol. The fraction of sp³-hybridized carbons (Fsp3) is 0.333. The maximum absolute atomic E-state index is 11.5. The van der Waals surface area contributed by atoms with Crippen molar-refractivity contribution in [1.29, 1.82) is 0 Å². The lowest BCUT2D eigenvalue weighted by molar-refractivity contribution is -0.109. The zero-order valence-electron chi connectivity index (χ0n) is 8.25. The molecule has 0 unspecified atom stereocenters. The molecule has 0 radical (unpaired) electrons. The van der Waals surface area contributed by atoms with Gasteiger partial charge in [-0.15, -0.1) is 0 Å². The van der Waals surface area contributed by atoms with Gasteiger partial charge in [-0.2, -0.15) is 4.98 Å². The van der Waals surface area contributed by atoms with E-state index in [-0.39, 0.29) is 29.0 Å². The zero-order chi connectivity index (χ0) is 11.3. The van der Waals surface area contributed by atoms with Crippen molar-refractivity contribution in [2.75, 3.05) is 5.73 Å². The molecule has 2 aromatic rings. The molecular formula is C9H9N5O2. The highest BCUT2D eigenvalue weighted by atomic mass is 16.1. The van der Waals surface area contributed by atoms with Gasteiger partial charge in [0.2, 0.25) is 5.95 Å². The summed E-state index contributed by atoms with van der Waals surface area (Å²) < 4.78 is 1.74. The predicted octanol–water partition coefficient (Wildman–Crippen LogP) is -0.538. The highest BCUT2D eigenvalue weighted by Gasteiger charge is 2.39. The second-order valence-corrected chi connectivity index (χ2v) is 3.88. The third kappa shape index (κ3) is 1.14. The first kappa shape index (κ1) is 9.08. The third-order valence-electron chi connectivity index (χ3n) is 2.79. The van der Waals surface area contributed by atoms with Gasteiger partial charge in [-0.1, -0.05) is 0 Å². The minimum absolute atomic E-state index is 0.000266. The van der Waals surface area contributed by atoms with Crippen molar-refractivity contribution in [3.05, 3.63) is 16.7 Å². The van der Waals surface area contributed by atoms with Crippen molar-refractivity contribution in [3.8, 4) is 0 Å². The van der Waals surface area contributed by atoms with Crippen LogP contribution < -0.4 is 11.3 Å². The Kier molecular flexibility index (Phi) is 1.65. The molecule has 1 aliphatic rings. The van der Waals surface area contributed by atoms with E-state index in [1.165, 1.54) is 6.33 Å². The minimum Gasteiger partial charge on any atom is -0.369 e. The number of anilines is 1. The molecule has 3 rings (SSSR count). The summed E-state index contributed by atoms with van der Waals surface area (Å²) in [4.78, 5) is 32.5. The molecule has 82 valence electrons. The van der Waals surface area contributed by atoms with E-state index < -0.39 is 0 Å². The first-order valence-electron chi connectivity index (χ1n) is 4.88. The van der Waals surface area contributed by atoms with Gasteiger partial charge < -0.3 is 15.1 Å². The molecule has 2 heterocycles. The van der Waals surface area contributed by atoms with Crippen LogP contribution in [0.25, 0.3) is 11.2 Å². The fourth-order valence-electron chi connectivity index (χ4n) is 1.85. The second kappa shape index (κ2) is 2.91. The van der Waals surface area contributed by atoms with Crippen molar-refractivity contribution in [1.82, 2.24) is 19.5 Å². The highest BCUT2D eigenvalue weighted by Crippen LogP contribution is 2.42. The van der Waals surface area contributed by atoms with Gasteiger partial charge in [0.1, 0.15) is 6.29 Å². The maximum Gasteiger partial charge on any atom is 0.280 e. The van der Waals surface area contributed by atoms with Gasteiger partial charge in [0, 0.05) is 12.0 Å². The molecule has 0 saturated heterocycles. The molecule has 0 spiro atoms. The fourth-order valence-corrected chi connectivity index (χ4v) is 1.85.